The third-order valence-electron chi connectivity index (χ3n) is 2.93. The van der Waals surface area contributed by atoms with Gasteiger partial charge in [-0.15, -0.1) is 0 Å². The molecule has 0 bridgehead atoms. The van der Waals surface area contributed by atoms with Crippen molar-refractivity contribution >= 4 is 6.41 Å². The summed E-state index contributed by atoms with van der Waals surface area (Å²) >= 11 is 0. The maximum atomic E-state index is 10.9. The van der Waals surface area contributed by atoms with E-state index in [-0.39, 0.29) is 6.04 Å². The third-order valence-corrected chi connectivity index (χ3v) is 2.93. The highest BCUT2D eigenvalue weighted by Gasteiger charge is 2.23. The molecular formula is C12H16N2O. The van der Waals surface area contributed by atoms with Gasteiger partial charge in [0.15, 0.2) is 0 Å². The summed E-state index contributed by atoms with van der Waals surface area (Å²) < 4.78 is 0. The van der Waals surface area contributed by atoms with E-state index in [9.17, 15) is 4.79 Å². The normalized spacial score (nSPS) is 21.4. The van der Waals surface area contributed by atoms with Crippen LogP contribution in [0.25, 0.3) is 0 Å². The molecule has 0 N–H and O–H groups in total. The number of pyridine rings is 1. The maximum absolute atomic E-state index is 10.9. The fourth-order valence-corrected chi connectivity index (χ4v) is 2.15. The van der Waals surface area contributed by atoms with E-state index in [0.29, 0.717) is 0 Å². The fourth-order valence-electron chi connectivity index (χ4n) is 2.15. The zero-order chi connectivity index (χ0) is 10.7. The molecule has 1 amide bonds. The number of aryl methyl sites for hydroxylation is 1. The van der Waals surface area contributed by atoms with Gasteiger partial charge in [-0.3, -0.25) is 9.78 Å². The molecule has 80 valence electrons. The number of rotatable bonds is 2. The molecule has 1 aromatic heterocycles. The van der Waals surface area contributed by atoms with E-state index in [1.54, 1.807) is 0 Å². The number of carbonyl (C=O) groups is 1. The van der Waals surface area contributed by atoms with E-state index in [1.165, 1.54) is 6.42 Å². The standard InChI is InChI=1S/C12H16N2O/c1-10-5-4-6-11(13-10)12-7-2-3-8-14(12)9-15/h4-6,9,12H,2-3,7-8H2,1H3/t12-/m0/s1. The predicted molar refractivity (Wildman–Crippen MR) is 58.3 cm³/mol. The molecule has 2 heterocycles. The molecule has 1 aromatic rings. The number of piperidine rings is 1. The minimum absolute atomic E-state index is 0.191. The Morgan fingerprint density at radius 3 is 3.07 bits per heavy atom. The number of nitrogens with zero attached hydrogens (tertiary/aromatic N) is 2. The number of aromatic nitrogens is 1. The molecular weight excluding hydrogens is 188 g/mol. The minimum atomic E-state index is 0.191. The van der Waals surface area contributed by atoms with E-state index in [1.807, 2.05) is 30.0 Å². The largest absolute Gasteiger partial charge is 0.337 e. The van der Waals surface area contributed by atoms with Gasteiger partial charge in [0.05, 0.1) is 11.7 Å². The number of carbonyl (C=O) groups excluding carboxylic acids is 1. The zero-order valence-corrected chi connectivity index (χ0v) is 9.02. The summed E-state index contributed by atoms with van der Waals surface area (Å²) in [6.07, 6.45) is 4.29. The molecule has 0 spiro atoms. The lowest BCUT2D eigenvalue weighted by Gasteiger charge is -2.32. The summed E-state index contributed by atoms with van der Waals surface area (Å²) in [7, 11) is 0. The lowest BCUT2D eigenvalue weighted by molar-refractivity contribution is -0.121. The third kappa shape index (κ3) is 2.17. The number of likely N-dealkylation sites (tertiary alicyclic amines) is 1. The highest BCUT2D eigenvalue weighted by atomic mass is 16.1. The van der Waals surface area contributed by atoms with Crippen molar-refractivity contribution in [2.24, 2.45) is 0 Å². The number of hydrogen-bond acceptors (Lipinski definition) is 2. The van der Waals surface area contributed by atoms with Crippen molar-refractivity contribution in [1.29, 1.82) is 0 Å². The first-order valence-corrected chi connectivity index (χ1v) is 5.46. The van der Waals surface area contributed by atoms with Crippen LogP contribution in [0.1, 0.15) is 36.7 Å². The Balaban J connectivity index is 2.23. The van der Waals surface area contributed by atoms with Crippen LogP contribution in [0.4, 0.5) is 0 Å². The Kier molecular flexibility index (Phi) is 2.99. The van der Waals surface area contributed by atoms with Gasteiger partial charge in [-0.05, 0) is 38.3 Å². The second-order valence-corrected chi connectivity index (χ2v) is 4.06. The predicted octanol–water partition coefficient (Wildman–Crippen LogP) is 2.07. The first-order chi connectivity index (χ1) is 7.31. The van der Waals surface area contributed by atoms with Crippen molar-refractivity contribution in [2.75, 3.05) is 6.54 Å². The van der Waals surface area contributed by atoms with Crippen LogP contribution in [0.3, 0.4) is 0 Å². The van der Waals surface area contributed by atoms with Crippen LogP contribution in [0.5, 0.6) is 0 Å². The van der Waals surface area contributed by atoms with Crippen LogP contribution < -0.4 is 0 Å². The van der Waals surface area contributed by atoms with Crippen LogP contribution in [-0.2, 0) is 4.79 Å². The lowest BCUT2D eigenvalue weighted by Crippen LogP contribution is -2.32. The summed E-state index contributed by atoms with van der Waals surface area (Å²) in [5.74, 6) is 0. The Labute approximate surface area is 90.1 Å². The number of amides is 1. The molecule has 15 heavy (non-hydrogen) atoms. The average Bonchev–Trinajstić information content (AvgIpc) is 2.29. The van der Waals surface area contributed by atoms with Crippen molar-refractivity contribution in [3.05, 3.63) is 29.6 Å². The zero-order valence-electron chi connectivity index (χ0n) is 9.02. The minimum Gasteiger partial charge on any atom is -0.337 e. The highest BCUT2D eigenvalue weighted by molar-refractivity contribution is 5.48. The van der Waals surface area contributed by atoms with Crippen molar-refractivity contribution in [1.82, 2.24) is 9.88 Å². The van der Waals surface area contributed by atoms with Gasteiger partial charge in [0, 0.05) is 12.2 Å². The Hall–Kier alpha value is -1.38. The van der Waals surface area contributed by atoms with E-state index < -0.39 is 0 Å². The van der Waals surface area contributed by atoms with Gasteiger partial charge < -0.3 is 4.90 Å². The van der Waals surface area contributed by atoms with Crippen molar-refractivity contribution < 1.29 is 4.79 Å². The van der Waals surface area contributed by atoms with E-state index in [4.69, 9.17) is 0 Å². The van der Waals surface area contributed by atoms with Gasteiger partial charge >= 0.3 is 0 Å². The molecule has 0 saturated carbocycles. The molecule has 0 aromatic carbocycles. The molecule has 0 unspecified atom stereocenters. The Morgan fingerprint density at radius 2 is 2.33 bits per heavy atom. The lowest BCUT2D eigenvalue weighted by atomic mass is 9.99. The number of hydrogen-bond donors (Lipinski definition) is 0. The van der Waals surface area contributed by atoms with E-state index in [0.717, 1.165) is 37.2 Å². The summed E-state index contributed by atoms with van der Waals surface area (Å²) in [5.41, 5.74) is 2.05. The van der Waals surface area contributed by atoms with Crippen molar-refractivity contribution in [2.45, 2.75) is 32.2 Å². The summed E-state index contributed by atoms with van der Waals surface area (Å²) in [6, 6.07) is 6.20. The first kappa shape index (κ1) is 10.1. The average molecular weight is 204 g/mol. The van der Waals surface area contributed by atoms with Crippen LogP contribution in [0, 0.1) is 6.92 Å². The van der Waals surface area contributed by atoms with E-state index >= 15 is 0 Å². The highest BCUT2D eigenvalue weighted by Crippen LogP contribution is 2.28. The van der Waals surface area contributed by atoms with Crippen LogP contribution in [0.15, 0.2) is 18.2 Å². The van der Waals surface area contributed by atoms with Crippen molar-refractivity contribution in [3.8, 4) is 0 Å². The van der Waals surface area contributed by atoms with Crippen molar-refractivity contribution in [3.63, 3.8) is 0 Å². The maximum Gasteiger partial charge on any atom is 0.210 e. The van der Waals surface area contributed by atoms with Crippen LogP contribution in [0.2, 0.25) is 0 Å². The summed E-state index contributed by atoms with van der Waals surface area (Å²) in [4.78, 5) is 17.3. The smallest absolute Gasteiger partial charge is 0.210 e. The molecule has 1 atom stereocenters. The van der Waals surface area contributed by atoms with Gasteiger partial charge in [0.2, 0.25) is 6.41 Å². The van der Waals surface area contributed by atoms with Gasteiger partial charge in [0.25, 0.3) is 0 Å². The van der Waals surface area contributed by atoms with Crippen LogP contribution >= 0.6 is 0 Å². The molecule has 1 saturated heterocycles. The second kappa shape index (κ2) is 4.43. The molecule has 0 aliphatic carbocycles. The second-order valence-electron chi connectivity index (χ2n) is 4.06. The molecule has 3 nitrogen and oxygen atoms in total. The molecule has 1 aliphatic heterocycles. The van der Waals surface area contributed by atoms with Gasteiger partial charge in [-0.25, -0.2) is 0 Å². The van der Waals surface area contributed by atoms with Gasteiger partial charge in [-0.2, -0.15) is 0 Å². The summed E-state index contributed by atoms with van der Waals surface area (Å²) in [6.45, 7) is 2.85. The molecule has 0 radical (unpaired) electrons. The monoisotopic (exact) mass is 204 g/mol. The molecule has 1 fully saturated rings. The summed E-state index contributed by atoms with van der Waals surface area (Å²) in [5, 5.41) is 0. The SMILES string of the molecule is Cc1cccc([C@@H]2CCCCN2C=O)n1. The van der Waals surface area contributed by atoms with Crippen LogP contribution in [-0.4, -0.2) is 22.8 Å². The van der Waals surface area contributed by atoms with Gasteiger partial charge in [0.1, 0.15) is 0 Å². The molecule has 1 aliphatic rings. The Bertz CT molecular complexity index is 351. The molecule has 2 rings (SSSR count). The quantitative estimate of drug-likeness (QED) is 0.691. The van der Waals surface area contributed by atoms with Gasteiger partial charge in [-0.1, -0.05) is 6.07 Å². The topological polar surface area (TPSA) is 33.2 Å². The van der Waals surface area contributed by atoms with E-state index in [2.05, 4.69) is 4.98 Å². The first-order valence-electron chi connectivity index (χ1n) is 5.46. The Morgan fingerprint density at radius 1 is 1.47 bits per heavy atom. The fraction of sp³-hybridized carbons (Fsp3) is 0.500. The molecule has 3 heteroatoms.